The van der Waals surface area contributed by atoms with Crippen LogP contribution in [-0.2, 0) is 24.2 Å². The summed E-state index contributed by atoms with van der Waals surface area (Å²) in [7, 11) is 6.43. The molecule has 0 aliphatic carbocycles. The van der Waals surface area contributed by atoms with E-state index in [1.165, 1.54) is 34.7 Å². The molecule has 1 aromatic heterocycles. The Balaban J connectivity index is 1.14. The van der Waals surface area contributed by atoms with Crippen molar-refractivity contribution in [1.29, 1.82) is 0 Å². The fourth-order valence-electron chi connectivity index (χ4n) is 5.73. The Bertz CT molecular complexity index is 1910. The molecule has 0 bridgehead atoms. The Hall–Kier alpha value is -5.68. The Labute approximate surface area is 279 Å². The van der Waals surface area contributed by atoms with E-state index in [0.717, 1.165) is 55.2 Å². The van der Waals surface area contributed by atoms with Crippen LogP contribution in [0, 0.1) is 0 Å². The van der Waals surface area contributed by atoms with E-state index in [-0.39, 0.29) is 5.91 Å². The molecule has 48 heavy (non-hydrogen) atoms. The third-order valence-corrected chi connectivity index (χ3v) is 8.34. The lowest BCUT2D eigenvalue weighted by Gasteiger charge is -2.29. The fourth-order valence-corrected chi connectivity index (χ4v) is 5.73. The van der Waals surface area contributed by atoms with Crippen LogP contribution in [0.5, 0.6) is 23.0 Å². The molecule has 0 spiro atoms. The second-order valence-electron chi connectivity index (χ2n) is 11.3. The minimum absolute atomic E-state index is 0.316. The lowest BCUT2D eigenvalue weighted by Crippen LogP contribution is -2.32. The summed E-state index contributed by atoms with van der Waals surface area (Å²) in [6, 6.07) is 25.3. The molecule has 11 heteroatoms. The number of aromatic nitrogens is 4. The van der Waals surface area contributed by atoms with Crippen molar-refractivity contribution in [2.24, 2.45) is 0 Å². The minimum atomic E-state index is -0.316. The summed E-state index contributed by atoms with van der Waals surface area (Å²) in [6.07, 6.45) is 5.10. The van der Waals surface area contributed by atoms with Crippen LogP contribution in [0.1, 0.15) is 22.3 Å². The molecule has 11 nitrogen and oxygen atoms in total. The van der Waals surface area contributed by atoms with Crippen LogP contribution < -0.4 is 24.3 Å². The molecule has 246 valence electrons. The topological polar surface area (TPSA) is 113 Å². The molecule has 0 atom stereocenters. The van der Waals surface area contributed by atoms with Crippen LogP contribution in [-0.4, -0.2) is 72.5 Å². The molecule has 0 unspecified atom stereocenters. The highest BCUT2D eigenvalue weighted by Gasteiger charge is 2.20. The molecular weight excluding hydrogens is 608 g/mol. The Morgan fingerprint density at radius 1 is 0.833 bits per heavy atom. The van der Waals surface area contributed by atoms with E-state index in [2.05, 4.69) is 49.9 Å². The Morgan fingerprint density at radius 2 is 1.50 bits per heavy atom. The van der Waals surface area contributed by atoms with E-state index < -0.39 is 0 Å². The van der Waals surface area contributed by atoms with Crippen LogP contribution in [0.15, 0.2) is 84.9 Å². The first kappa shape index (κ1) is 32.3. The summed E-state index contributed by atoms with van der Waals surface area (Å²) in [5.74, 6) is 2.48. The number of hydrogen-bond acceptors (Lipinski definition) is 9. The maximum absolute atomic E-state index is 12.9. The summed E-state index contributed by atoms with van der Waals surface area (Å²) in [5, 5.41) is 16.2. The van der Waals surface area contributed by atoms with Gasteiger partial charge in [0.15, 0.2) is 23.0 Å². The number of fused-ring (bicyclic) bond motifs is 1. The van der Waals surface area contributed by atoms with Crippen LogP contribution in [0.25, 0.3) is 23.2 Å². The average molecular weight is 647 g/mol. The number of ether oxygens (including phenoxy) is 4. The van der Waals surface area contributed by atoms with Crippen LogP contribution >= 0.6 is 0 Å². The number of nitrogens with one attached hydrogen (secondary N) is 1. The number of anilines is 1. The second kappa shape index (κ2) is 14.8. The highest BCUT2D eigenvalue weighted by Crippen LogP contribution is 2.38. The predicted molar refractivity (Wildman–Crippen MR) is 184 cm³/mol. The largest absolute Gasteiger partial charge is 0.493 e. The van der Waals surface area contributed by atoms with Gasteiger partial charge < -0.3 is 24.3 Å². The first-order chi connectivity index (χ1) is 23.5. The average Bonchev–Trinajstić information content (AvgIpc) is 3.63. The monoisotopic (exact) mass is 646 g/mol. The number of rotatable bonds is 12. The molecule has 1 aliphatic heterocycles. The lowest BCUT2D eigenvalue weighted by atomic mass is 9.98. The number of tetrazole rings is 1. The number of hydrogen-bond donors (Lipinski definition) is 1. The molecule has 0 saturated heterocycles. The Morgan fingerprint density at radius 3 is 2.21 bits per heavy atom. The lowest BCUT2D eigenvalue weighted by molar-refractivity contribution is -0.111. The number of methoxy groups -OCH3 is 4. The van der Waals surface area contributed by atoms with Crippen molar-refractivity contribution in [2.75, 3.05) is 46.8 Å². The minimum Gasteiger partial charge on any atom is -0.493 e. The smallest absolute Gasteiger partial charge is 0.248 e. The van der Waals surface area contributed by atoms with E-state index in [0.29, 0.717) is 28.6 Å². The molecule has 4 aromatic carbocycles. The first-order valence-electron chi connectivity index (χ1n) is 15.6. The van der Waals surface area contributed by atoms with Gasteiger partial charge in [0.25, 0.3) is 0 Å². The maximum atomic E-state index is 12.9. The van der Waals surface area contributed by atoms with Gasteiger partial charge in [0.1, 0.15) is 0 Å². The van der Waals surface area contributed by atoms with Crippen LogP contribution in [0.2, 0.25) is 0 Å². The molecule has 0 radical (unpaired) electrons. The highest BCUT2D eigenvalue weighted by atomic mass is 16.5. The number of benzene rings is 4. The van der Waals surface area contributed by atoms with E-state index >= 15 is 0 Å². The van der Waals surface area contributed by atoms with Gasteiger partial charge in [-0.2, -0.15) is 0 Å². The molecule has 2 heterocycles. The zero-order chi connectivity index (χ0) is 33.5. The standard InChI is InChI=1S/C37H38N6O5/c1-45-32-20-27-17-19-42(24-28(27)21-33(32)46-2)18-16-26-10-13-29(14-11-26)43-40-37(39-41-43)30-22-34(47-3)35(48-4)23-31(30)38-36(44)15-12-25-8-6-5-7-9-25/h5-15,20-23H,16-19,24H2,1-4H3,(H,38,44)/b15-12-. The number of carbonyl (C=O) groups excluding carboxylic acids is 1. The number of nitrogens with zero attached hydrogens (tertiary/aromatic N) is 5. The third-order valence-electron chi connectivity index (χ3n) is 8.34. The van der Waals surface area contributed by atoms with E-state index in [1.54, 1.807) is 39.5 Å². The quantitative estimate of drug-likeness (QED) is 0.173. The van der Waals surface area contributed by atoms with Gasteiger partial charge in [-0.3, -0.25) is 9.69 Å². The van der Waals surface area contributed by atoms with Crippen molar-refractivity contribution in [1.82, 2.24) is 25.1 Å². The van der Waals surface area contributed by atoms with Gasteiger partial charge in [-0.05, 0) is 76.7 Å². The van der Waals surface area contributed by atoms with E-state index in [1.807, 2.05) is 42.5 Å². The zero-order valence-electron chi connectivity index (χ0n) is 27.5. The van der Waals surface area contributed by atoms with Gasteiger partial charge in [0, 0.05) is 31.8 Å². The molecular formula is C37H38N6O5. The van der Waals surface area contributed by atoms with Crippen molar-refractivity contribution >= 4 is 17.7 Å². The third kappa shape index (κ3) is 7.31. The van der Waals surface area contributed by atoms with Crippen molar-refractivity contribution in [3.05, 3.63) is 107 Å². The molecule has 6 rings (SSSR count). The second-order valence-corrected chi connectivity index (χ2v) is 11.3. The van der Waals surface area contributed by atoms with E-state index in [9.17, 15) is 4.79 Å². The highest BCUT2D eigenvalue weighted by molar-refractivity contribution is 6.04. The normalized spacial score (nSPS) is 12.8. The van der Waals surface area contributed by atoms with Gasteiger partial charge >= 0.3 is 0 Å². The predicted octanol–water partition coefficient (Wildman–Crippen LogP) is 5.62. The number of amides is 1. The summed E-state index contributed by atoms with van der Waals surface area (Å²) >= 11 is 0. The van der Waals surface area contributed by atoms with Crippen LogP contribution in [0.3, 0.4) is 0 Å². The SMILES string of the molecule is COc1cc2c(cc1OC)CN(CCc1ccc(-n3nnc(-c4cc(OC)c(OC)cc4NC(=O)/C=C\c4ccccc4)n3)cc1)CC2. The zero-order valence-corrected chi connectivity index (χ0v) is 27.5. The fraction of sp³-hybridized carbons (Fsp3) is 0.243. The first-order valence-corrected chi connectivity index (χ1v) is 15.6. The maximum Gasteiger partial charge on any atom is 0.248 e. The molecule has 1 aliphatic rings. The van der Waals surface area contributed by atoms with Crippen molar-refractivity contribution in [3.63, 3.8) is 0 Å². The van der Waals surface area contributed by atoms with Gasteiger partial charge in [-0.15, -0.1) is 15.0 Å². The molecule has 1 N–H and O–H groups in total. The summed E-state index contributed by atoms with van der Waals surface area (Å²) in [4.78, 5) is 16.8. The van der Waals surface area contributed by atoms with Gasteiger partial charge in [0.2, 0.25) is 11.7 Å². The van der Waals surface area contributed by atoms with Crippen LogP contribution in [0.4, 0.5) is 5.69 Å². The molecule has 1 amide bonds. The van der Waals surface area contributed by atoms with Crippen molar-refractivity contribution in [3.8, 4) is 40.1 Å². The number of carbonyl (C=O) groups is 1. The van der Waals surface area contributed by atoms with Crippen molar-refractivity contribution in [2.45, 2.75) is 19.4 Å². The summed E-state index contributed by atoms with van der Waals surface area (Å²) in [6.45, 7) is 2.81. The Kier molecular flexibility index (Phi) is 9.96. The van der Waals surface area contributed by atoms with E-state index in [4.69, 9.17) is 18.9 Å². The summed E-state index contributed by atoms with van der Waals surface area (Å²) < 4.78 is 22.0. The van der Waals surface area contributed by atoms with Gasteiger partial charge in [-0.1, -0.05) is 42.5 Å². The molecule has 0 saturated carbocycles. The van der Waals surface area contributed by atoms with Gasteiger partial charge in [-0.25, -0.2) is 0 Å². The van der Waals surface area contributed by atoms with Crippen molar-refractivity contribution < 1.29 is 23.7 Å². The summed E-state index contributed by atoms with van der Waals surface area (Å²) in [5.41, 5.74) is 6.49. The molecule has 5 aromatic rings. The molecule has 0 fully saturated rings. The van der Waals surface area contributed by atoms with Gasteiger partial charge in [0.05, 0.1) is 45.4 Å².